The molecule has 0 bridgehead atoms. The van der Waals surface area contributed by atoms with Crippen molar-refractivity contribution < 1.29 is 9.53 Å². The van der Waals surface area contributed by atoms with E-state index in [1.54, 1.807) is 6.08 Å². The van der Waals surface area contributed by atoms with Crippen LogP contribution in [0.4, 0.5) is 0 Å². The number of methoxy groups -OCH3 is 1. The van der Waals surface area contributed by atoms with Crippen LogP contribution in [0.25, 0.3) is 0 Å². The Morgan fingerprint density at radius 2 is 2.14 bits per heavy atom. The van der Waals surface area contributed by atoms with Crippen molar-refractivity contribution in [2.24, 2.45) is 0 Å². The fourth-order valence-electron chi connectivity index (χ4n) is 2.05. The highest BCUT2D eigenvalue weighted by atomic mass is 16.5. The first kappa shape index (κ1) is 17.9. The molecule has 3 nitrogen and oxygen atoms in total. The zero-order chi connectivity index (χ0) is 16.2. The number of hydrogen-bond acceptors (Lipinski definition) is 3. The van der Waals surface area contributed by atoms with Gasteiger partial charge in [0.1, 0.15) is 6.04 Å². The van der Waals surface area contributed by atoms with Gasteiger partial charge in [-0.05, 0) is 18.9 Å². The van der Waals surface area contributed by atoms with Gasteiger partial charge >= 0.3 is 5.97 Å². The summed E-state index contributed by atoms with van der Waals surface area (Å²) in [5, 5.41) is 0. The molecular formula is C19H25NO2. The van der Waals surface area contributed by atoms with Crippen molar-refractivity contribution in [2.75, 3.05) is 20.2 Å². The van der Waals surface area contributed by atoms with Crippen molar-refractivity contribution >= 4 is 5.97 Å². The molecule has 0 saturated carbocycles. The highest BCUT2D eigenvalue weighted by Crippen LogP contribution is 2.11. The molecule has 0 saturated heterocycles. The second-order valence-electron chi connectivity index (χ2n) is 4.98. The van der Waals surface area contributed by atoms with Gasteiger partial charge in [0.15, 0.2) is 0 Å². The number of nitrogens with zero attached hydrogens (tertiary/aromatic N) is 1. The van der Waals surface area contributed by atoms with Gasteiger partial charge in [0, 0.05) is 13.1 Å². The maximum Gasteiger partial charge on any atom is 0.322 e. The van der Waals surface area contributed by atoms with E-state index in [1.807, 2.05) is 31.2 Å². The van der Waals surface area contributed by atoms with E-state index in [2.05, 4.69) is 41.9 Å². The maximum atomic E-state index is 11.7. The first-order valence-electron chi connectivity index (χ1n) is 7.47. The Hall–Kier alpha value is -2.13. The van der Waals surface area contributed by atoms with Gasteiger partial charge in [0.25, 0.3) is 0 Å². The minimum Gasteiger partial charge on any atom is -0.468 e. The quantitative estimate of drug-likeness (QED) is 0.481. The van der Waals surface area contributed by atoms with Gasteiger partial charge in [-0.1, -0.05) is 67.3 Å². The Balaban J connectivity index is 2.60. The van der Waals surface area contributed by atoms with Crippen LogP contribution in [0.2, 0.25) is 0 Å². The van der Waals surface area contributed by atoms with E-state index in [9.17, 15) is 4.79 Å². The summed E-state index contributed by atoms with van der Waals surface area (Å²) in [6.45, 7) is 6.86. The Bertz CT molecular complexity index is 510. The van der Waals surface area contributed by atoms with Gasteiger partial charge in [0.05, 0.1) is 7.11 Å². The van der Waals surface area contributed by atoms with Crippen LogP contribution in [-0.2, 0) is 9.53 Å². The number of esters is 1. The third kappa shape index (κ3) is 6.55. The van der Waals surface area contributed by atoms with E-state index in [4.69, 9.17) is 4.74 Å². The Morgan fingerprint density at radius 1 is 1.36 bits per heavy atom. The summed E-state index contributed by atoms with van der Waals surface area (Å²) in [5.41, 5.74) is 1.29. The second kappa shape index (κ2) is 10.6. The predicted octanol–water partition coefficient (Wildman–Crippen LogP) is 3.59. The van der Waals surface area contributed by atoms with E-state index in [0.29, 0.717) is 13.1 Å². The third-order valence-electron chi connectivity index (χ3n) is 3.40. The zero-order valence-electron chi connectivity index (χ0n) is 13.4. The number of carbonyl (C=O) groups is 1. The summed E-state index contributed by atoms with van der Waals surface area (Å²) < 4.78 is 4.84. The van der Waals surface area contributed by atoms with Crippen molar-refractivity contribution in [2.45, 2.75) is 19.4 Å². The van der Waals surface area contributed by atoms with Crippen LogP contribution < -0.4 is 0 Å². The fourth-order valence-corrected chi connectivity index (χ4v) is 2.05. The molecular weight excluding hydrogens is 274 g/mol. The molecule has 0 aromatic carbocycles. The third-order valence-corrected chi connectivity index (χ3v) is 3.40. The summed E-state index contributed by atoms with van der Waals surface area (Å²) in [7, 11) is 1.42. The lowest BCUT2D eigenvalue weighted by atomic mass is 10.2. The summed E-state index contributed by atoms with van der Waals surface area (Å²) in [6, 6.07) is -0.279. The Kier molecular flexibility index (Phi) is 8.61. The Labute approximate surface area is 133 Å². The number of carbonyl (C=O) groups excluding carboxylic acids is 1. The number of allylic oxidation sites excluding steroid dienone is 9. The predicted molar refractivity (Wildman–Crippen MR) is 92.5 cm³/mol. The topological polar surface area (TPSA) is 29.5 Å². The summed E-state index contributed by atoms with van der Waals surface area (Å²) in [6.07, 6.45) is 20.9. The van der Waals surface area contributed by atoms with Crippen molar-refractivity contribution in [3.8, 4) is 0 Å². The molecule has 3 heteroatoms. The number of hydrogen-bond donors (Lipinski definition) is 0. The molecule has 1 unspecified atom stereocenters. The van der Waals surface area contributed by atoms with Gasteiger partial charge in [-0.25, -0.2) is 0 Å². The van der Waals surface area contributed by atoms with Crippen LogP contribution in [0.1, 0.15) is 13.3 Å². The first-order valence-corrected chi connectivity index (χ1v) is 7.47. The highest BCUT2D eigenvalue weighted by molar-refractivity contribution is 5.75. The average molecular weight is 299 g/mol. The minimum absolute atomic E-state index is 0.217. The normalized spacial score (nSPS) is 16.0. The smallest absolute Gasteiger partial charge is 0.322 e. The fraction of sp³-hybridized carbons (Fsp3) is 0.316. The molecule has 1 aliphatic rings. The summed E-state index contributed by atoms with van der Waals surface area (Å²) in [5.74, 6) is -0.217. The minimum atomic E-state index is -0.279. The van der Waals surface area contributed by atoms with E-state index < -0.39 is 0 Å². The molecule has 0 N–H and O–H groups in total. The molecule has 0 aromatic heterocycles. The van der Waals surface area contributed by atoms with E-state index in [0.717, 1.165) is 6.42 Å². The van der Waals surface area contributed by atoms with Crippen LogP contribution in [0.15, 0.2) is 72.9 Å². The molecule has 0 aliphatic heterocycles. The molecule has 22 heavy (non-hydrogen) atoms. The molecule has 1 aliphatic carbocycles. The lowest BCUT2D eigenvalue weighted by Crippen LogP contribution is -2.40. The van der Waals surface area contributed by atoms with Gasteiger partial charge in [-0.15, -0.1) is 0 Å². The molecule has 0 spiro atoms. The Morgan fingerprint density at radius 3 is 2.77 bits per heavy atom. The van der Waals surface area contributed by atoms with Crippen LogP contribution in [0, 0.1) is 0 Å². The van der Waals surface area contributed by atoms with Crippen LogP contribution in [0.5, 0.6) is 0 Å². The average Bonchev–Trinajstić information content (AvgIpc) is 3.04. The molecule has 0 radical (unpaired) electrons. The van der Waals surface area contributed by atoms with E-state index in [-0.39, 0.29) is 12.0 Å². The largest absolute Gasteiger partial charge is 0.468 e. The SMILES string of the molecule is C=CC=C/C=C/CN(C/C=C/C1=CC=CC1)C(C)C(=O)OC. The number of rotatable bonds is 9. The molecule has 1 atom stereocenters. The standard InChI is InChI=1S/C19H25NO2/c1-4-5-6-7-10-15-20(17(2)19(21)22-3)16-11-14-18-12-8-9-13-18/h4-12,14,17H,1,13,15-16H2,2-3H3/b6-5?,10-7+,14-11+. The molecule has 0 amide bonds. The number of ether oxygens (including phenoxy) is 1. The van der Waals surface area contributed by atoms with Crippen molar-refractivity contribution in [3.63, 3.8) is 0 Å². The van der Waals surface area contributed by atoms with Crippen molar-refractivity contribution in [1.82, 2.24) is 4.90 Å². The molecule has 0 fully saturated rings. The van der Waals surface area contributed by atoms with E-state index >= 15 is 0 Å². The van der Waals surface area contributed by atoms with Crippen molar-refractivity contribution in [1.29, 1.82) is 0 Å². The van der Waals surface area contributed by atoms with Gasteiger partial charge in [-0.3, -0.25) is 9.69 Å². The molecule has 0 heterocycles. The van der Waals surface area contributed by atoms with Gasteiger partial charge in [-0.2, -0.15) is 0 Å². The molecule has 1 rings (SSSR count). The summed E-state index contributed by atoms with van der Waals surface area (Å²) in [4.78, 5) is 13.8. The van der Waals surface area contributed by atoms with Crippen molar-refractivity contribution in [3.05, 3.63) is 72.9 Å². The monoisotopic (exact) mass is 299 g/mol. The lowest BCUT2D eigenvalue weighted by molar-refractivity contribution is -0.145. The second-order valence-corrected chi connectivity index (χ2v) is 4.98. The molecule has 118 valence electrons. The van der Waals surface area contributed by atoms with Crippen LogP contribution in [-0.4, -0.2) is 37.1 Å². The lowest BCUT2D eigenvalue weighted by Gasteiger charge is -2.24. The summed E-state index contributed by atoms with van der Waals surface area (Å²) >= 11 is 0. The van der Waals surface area contributed by atoms with Crippen LogP contribution >= 0.6 is 0 Å². The highest BCUT2D eigenvalue weighted by Gasteiger charge is 2.19. The first-order chi connectivity index (χ1) is 10.7. The maximum absolute atomic E-state index is 11.7. The van der Waals surface area contributed by atoms with Gasteiger partial charge < -0.3 is 4.74 Å². The zero-order valence-corrected chi connectivity index (χ0v) is 13.4. The van der Waals surface area contributed by atoms with Gasteiger partial charge in [0.2, 0.25) is 0 Å². The van der Waals surface area contributed by atoms with E-state index in [1.165, 1.54) is 12.7 Å². The van der Waals surface area contributed by atoms with Crippen LogP contribution in [0.3, 0.4) is 0 Å². The molecule has 0 aromatic rings.